The van der Waals surface area contributed by atoms with Crippen LogP contribution < -0.4 is 0 Å². The van der Waals surface area contributed by atoms with E-state index < -0.39 is 0 Å². The van der Waals surface area contributed by atoms with Crippen LogP contribution >= 0.6 is 0 Å². The van der Waals surface area contributed by atoms with Crippen molar-refractivity contribution in [2.75, 3.05) is 0 Å². The molecule has 0 radical (unpaired) electrons. The standard InChI is InChI=1S/C13H19N/c1-2-3-4-5-6-7-8-9-10-11-12-13-14/h2,5-6,11-12H,1,3-4,7-10H2/b6-5+,12-11+. The summed E-state index contributed by atoms with van der Waals surface area (Å²) in [7, 11) is 0. The topological polar surface area (TPSA) is 23.8 Å². The number of unbranched alkanes of at least 4 members (excludes halogenated alkanes) is 4. The third-order valence-electron chi connectivity index (χ3n) is 1.89. The van der Waals surface area contributed by atoms with Crippen LogP contribution in [0, 0.1) is 11.3 Å². The highest BCUT2D eigenvalue weighted by Gasteiger charge is 1.83. The van der Waals surface area contributed by atoms with Crippen molar-refractivity contribution >= 4 is 0 Å². The van der Waals surface area contributed by atoms with Gasteiger partial charge < -0.3 is 0 Å². The van der Waals surface area contributed by atoms with Crippen molar-refractivity contribution in [3.8, 4) is 6.07 Å². The molecule has 0 aliphatic carbocycles. The fourth-order valence-electron chi connectivity index (χ4n) is 1.11. The van der Waals surface area contributed by atoms with Gasteiger partial charge in [0.1, 0.15) is 0 Å². The lowest BCUT2D eigenvalue weighted by molar-refractivity contribution is 0.760. The predicted molar refractivity (Wildman–Crippen MR) is 61.8 cm³/mol. The minimum Gasteiger partial charge on any atom is -0.193 e. The quantitative estimate of drug-likeness (QED) is 0.319. The van der Waals surface area contributed by atoms with Gasteiger partial charge >= 0.3 is 0 Å². The summed E-state index contributed by atoms with van der Waals surface area (Å²) in [6.07, 6.45) is 16.6. The highest BCUT2D eigenvalue weighted by molar-refractivity contribution is 5.01. The highest BCUT2D eigenvalue weighted by Crippen LogP contribution is 2.02. The molecule has 0 aliphatic rings. The average Bonchev–Trinajstić information content (AvgIpc) is 2.21. The van der Waals surface area contributed by atoms with E-state index in [9.17, 15) is 0 Å². The molecule has 0 amide bonds. The molecule has 0 spiro atoms. The third-order valence-corrected chi connectivity index (χ3v) is 1.89. The number of hydrogen-bond acceptors (Lipinski definition) is 1. The average molecular weight is 189 g/mol. The van der Waals surface area contributed by atoms with E-state index in [4.69, 9.17) is 5.26 Å². The van der Waals surface area contributed by atoms with E-state index in [0.29, 0.717) is 0 Å². The molecule has 0 unspecified atom stereocenters. The Morgan fingerprint density at radius 3 is 2.21 bits per heavy atom. The van der Waals surface area contributed by atoms with Crippen LogP contribution in [0.5, 0.6) is 0 Å². The number of allylic oxidation sites excluding steroid dienone is 5. The van der Waals surface area contributed by atoms with Crippen molar-refractivity contribution < 1.29 is 0 Å². The first-order valence-corrected chi connectivity index (χ1v) is 5.22. The minimum absolute atomic E-state index is 1.02. The molecule has 0 bridgehead atoms. The Hall–Kier alpha value is -1.29. The van der Waals surface area contributed by atoms with E-state index in [1.807, 2.05) is 18.2 Å². The molecule has 0 aromatic carbocycles. The van der Waals surface area contributed by atoms with Gasteiger partial charge in [0.05, 0.1) is 6.07 Å². The summed E-state index contributed by atoms with van der Waals surface area (Å²) in [6.45, 7) is 3.67. The fraction of sp³-hybridized carbons (Fsp3) is 0.462. The van der Waals surface area contributed by atoms with Gasteiger partial charge in [-0.1, -0.05) is 24.3 Å². The summed E-state index contributed by atoms with van der Waals surface area (Å²) in [5, 5.41) is 8.23. The van der Waals surface area contributed by atoms with Crippen LogP contribution in [0.2, 0.25) is 0 Å². The van der Waals surface area contributed by atoms with Gasteiger partial charge in [0.15, 0.2) is 0 Å². The molecule has 0 aromatic heterocycles. The van der Waals surface area contributed by atoms with Crippen molar-refractivity contribution in [1.82, 2.24) is 0 Å². The first-order valence-electron chi connectivity index (χ1n) is 5.22. The van der Waals surface area contributed by atoms with Crippen LogP contribution in [-0.2, 0) is 0 Å². The second-order valence-electron chi connectivity index (χ2n) is 3.15. The Balaban J connectivity index is 3.13. The second-order valence-corrected chi connectivity index (χ2v) is 3.15. The van der Waals surface area contributed by atoms with Crippen LogP contribution in [0.4, 0.5) is 0 Å². The third kappa shape index (κ3) is 10.7. The number of hydrogen-bond donors (Lipinski definition) is 0. The van der Waals surface area contributed by atoms with Gasteiger partial charge in [0, 0.05) is 6.08 Å². The number of nitrogens with zero attached hydrogens (tertiary/aromatic N) is 1. The monoisotopic (exact) mass is 189 g/mol. The van der Waals surface area contributed by atoms with Gasteiger partial charge in [-0.2, -0.15) is 5.26 Å². The molecule has 1 nitrogen and oxygen atoms in total. The zero-order valence-corrected chi connectivity index (χ0v) is 8.78. The van der Waals surface area contributed by atoms with E-state index in [1.54, 1.807) is 6.08 Å². The molecule has 0 aromatic rings. The maximum Gasteiger partial charge on any atom is 0.0908 e. The van der Waals surface area contributed by atoms with E-state index >= 15 is 0 Å². The Kier molecular flexibility index (Phi) is 10.6. The molecule has 0 fully saturated rings. The van der Waals surface area contributed by atoms with Crippen molar-refractivity contribution in [3.05, 3.63) is 37.0 Å². The van der Waals surface area contributed by atoms with Crippen LogP contribution in [0.15, 0.2) is 37.0 Å². The lowest BCUT2D eigenvalue weighted by Gasteiger charge is -1.92. The van der Waals surface area contributed by atoms with E-state index in [0.717, 1.165) is 25.7 Å². The first-order chi connectivity index (χ1) is 6.91. The zero-order chi connectivity index (χ0) is 10.5. The summed E-state index contributed by atoms with van der Waals surface area (Å²) in [5.41, 5.74) is 0. The van der Waals surface area contributed by atoms with Crippen molar-refractivity contribution in [2.24, 2.45) is 0 Å². The molecule has 0 saturated heterocycles. The van der Waals surface area contributed by atoms with Gasteiger partial charge in [-0.3, -0.25) is 0 Å². The molecule has 0 saturated carbocycles. The summed E-state index contributed by atoms with van der Waals surface area (Å²) in [4.78, 5) is 0. The molecule has 0 atom stereocenters. The minimum atomic E-state index is 1.02. The number of rotatable bonds is 8. The van der Waals surface area contributed by atoms with Gasteiger partial charge in [-0.15, -0.1) is 6.58 Å². The molecular formula is C13H19N. The summed E-state index contributed by atoms with van der Waals surface area (Å²) in [5.74, 6) is 0. The van der Waals surface area contributed by atoms with Crippen LogP contribution in [-0.4, -0.2) is 0 Å². The largest absolute Gasteiger partial charge is 0.193 e. The van der Waals surface area contributed by atoms with Gasteiger partial charge in [0.2, 0.25) is 0 Å². The summed E-state index contributed by atoms with van der Waals surface area (Å²) in [6, 6.07) is 1.99. The second kappa shape index (κ2) is 11.7. The van der Waals surface area contributed by atoms with Crippen molar-refractivity contribution in [2.45, 2.75) is 38.5 Å². The van der Waals surface area contributed by atoms with Gasteiger partial charge in [-0.05, 0) is 38.5 Å². The maximum atomic E-state index is 8.23. The molecule has 0 N–H and O–H groups in total. The maximum absolute atomic E-state index is 8.23. The highest BCUT2D eigenvalue weighted by atomic mass is 14.2. The van der Waals surface area contributed by atoms with Crippen molar-refractivity contribution in [1.29, 1.82) is 5.26 Å². The Morgan fingerprint density at radius 2 is 1.57 bits per heavy atom. The first kappa shape index (κ1) is 12.7. The normalized spacial score (nSPS) is 10.8. The Morgan fingerprint density at radius 1 is 0.929 bits per heavy atom. The molecule has 1 heteroatoms. The Labute approximate surface area is 87.4 Å². The predicted octanol–water partition coefficient (Wildman–Crippen LogP) is 4.15. The lowest BCUT2D eigenvalue weighted by atomic mass is 10.1. The summed E-state index contributed by atoms with van der Waals surface area (Å²) < 4.78 is 0. The fourth-order valence-corrected chi connectivity index (χ4v) is 1.11. The van der Waals surface area contributed by atoms with E-state index in [-0.39, 0.29) is 0 Å². The summed E-state index contributed by atoms with van der Waals surface area (Å²) >= 11 is 0. The Bertz CT molecular complexity index is 218. The van der Waals surface area contributed by atoms with Crippen molar-refractivity contribution in [3.63, 3.8) is 0 Å². The lowest BCUT2D eigenvalue weighted by Crippen LogP contribution is -1.72. The zero-order valence-electron chi connectivity index (χ0n) is 8.78. The van der Waals surface area contributed by atoms with Gasteiger partial charge in [-0.25, -0.2) is 0 Å². The van der Waals surface area contributed by atoms with Crippen LogP contribution in [0.25, 0.3) is 0 Å². The van der Waals surface area contributed by atoms with Gasteiger partial charge in [0.25, 0.3) is 0 Å². The molecule has 76 valence electrons. The van der Waals surface area contributed by atoms with E-state index in [1.165, 1.54) is 12.8 Å². The SMILES string of the molecule is C=CCC/C=C/CCCC/C=C/C#N. The molecule has 0 aliphatic heterocycles. The molecule has 14 heavy (non-hydrogen) atoms. The smallest absolute Gasteiger partial charge is 0.0908 e. The van der Waals surface area contributed by atoms with Crippen LogP contribution in [0.1, 0.15) is 38.5 Å². The van der Waals surface area contributed by atoms with E-state index in [2.05, 4.69) is 18.7 Å². The number of nitriles is 1. The molecule has 0 rings (SSSR count). The molecular weight excluding hydrogens is 170 g/mol. The van der Waals surface area contributed by atoms with Crippen LogP contribution in [0.3, 0.4) is 0 Å². The molecule has 0 heterocycles.